The molecule has 0 unspecified atom stereocenters. The maximum atomic E-state index is 12.7. The summed E-state index contributed by atoms with van der Waals surface area (Å²) in [5, 5.41) is 3.03. The predicted octanol–water partition coefficient (Wildman–Crippen LogP) is 4.40. The highest BCUT2D eigenvalue weighted by Crippen LogP contribution is 2.30. The lowest BCUT2D eigenvalue weighted by atomic mass is 10.0. The van der Waals surface area contributed by atoms with Crippen LogP contribution in [-0.2, 0) is 13.0 Å². The van der Waals surface area contributed by atoms with Crippen LogP contribution >= 0.6 is 0 Å². The van der Waals surface area contributed by atoms with Gasteiger partial charge in [0.25, 0.3) is 0 Å². The first-order valence-corrected chi connectivity index (χ1v) is 10.5. The Kier molecular flexibility index (Phi) is 8.10. The van der Waals surface area contributed by atoms with Crippen LogP contribution in [0.1, 0.15) is 17.5 Å². The quantitative estimate of drug-likeness (QED) is 0.629. The van der Waals surface area contributed by atoms with E-state index in [1.807, 2.05) is 59.5 Å². The molecule has 0 atom stereocenters. The summed E-state index contributed by atoms with van der Waals surface area (Å²) in [7, 11) is 2.05. The van der Waals surface area contributed by atoms with Gasteiger partial charge in [0.05, 0.1) is 0 Å². The van der Waals surface area contributed by atoms with Crippen LogP contribution in [0.4, 0.5) is 10.5 Å². The summed E-state index contributed by atoms with van der Waals surface area (Å²) in [6.45, 7) is 7.26. The molecule has 0 fully saturated rings. The molecule has 2 aromatic carbocycles. The van der Waals surface area contributed by atoms with E-state index in [9.17, 15) is 4.79 Å². The van der Waals surface area contributed by atoms with Crippen LogP contribution in [0.5, 0.6) is 5.75 Å². The van der Waals surface area contributed by atoms with Gasteiger partial charge in [-0.15, -0.1) is 6.58 Å². The van der Waals surface area contributed by atoms with Crippen molar-refractivity contribution < 1.29 is 9.53 Å². The molecule has 0 aromatic heterocycles. The molecule has 1 aliphatic heterocycles. The van der Waals surface area contributed by atoms with Gasteiger partial charge in [0.15, 0.2) is 0 Å². The van der Waals surface area contributed by atoms with Crippen molar-refractivity contribution in [3.8, 4) is 5.75 Å². The Morgan fingerprint density at radius 2 is 2.03 bits per heavy atom. The molecule has 1 aliphatic rings. The number of nitrogens with zero attached hydrogens (tertiary/aromatic N) is 2. The van der Waals surface area contributed by atoms with Crippen molar-refractivity contribution in [2.24, 2.45) is 0 Å². The first-order chi connectivity index (χ1) is 14.7. The zero-order valence-corrected chi connectivity index (χ0v) is 17.7. The van der Waals surface area contributed by atoms with Crippen molar-refractivity contribution in [3.05, 3.63) is 84.5 Å². The maximum absolute atomic E-state index is 12.7. The van der Waals surface area contributed by atoms with E-state index in [0.29, 0.717) is 13.2 Å². The number of nitrogens with one attached hydrogen (secondary N) is 1. The monoisotopic (exact) mass is 405 g/mol. The second kappa shape index (κ2) is 11.2. The number of carbonyl (C=O) groups excluding carboxylic acids is 1. The van der Waals surface area contributed by atoms with E-state index < -0.39 is 0 Å². The molecule has 2 amide bonds. The van der Waals surface area contributed by atoms with Gasteiger partial charge >= 0.3 is 6.03 Å². The van der Waals surface area contributed by atoms with Gasteiger partial charge in [-0.05, 0) is 49.2 Å². The van der Waals surface area contributed by atoms with Gasteiger partial charge in [0.2, 0.25) is 0 Å². The highest BCUT2D eigenvalue weighted by molar-refractivity contribution is 5.93. The minimum absolute atomic E-state index is 0.0555. The van der Waals surface area contributed by atoms with Gasteiger partial charge in [0.1, 0.15) is 12.4 Å². The third-order valence-electron chi connectivity index (χ3n) is 5.07. The van der Waals surface area contributed by atoms with Gasteiger partial charge in [-0.2, -0.15) is 0 Å². The number of benzene rings is 2. The van der Waals surface area contributed by atoms with Gasteiger partial charge < -0.3 is 10.1 Å². The lowest BCUT2D eigenvalue weighted by Crippen LogP contribution is -2.42. The van der Waals surface area contributed by atoms with E-state index in [-0.39, 0.29) is 6.03 Å². The summed E-state index contributed by atoms with van der Waals surface area (Å²) in [5.41, 5.74) is 3.22. The summed E-state index contributed by atoms with van der Waals surface area (Å²) in [4.78, 5) is 16.7. The number of likely N-dealkylation sites (N-methyl/N-ethyl adjacent to an activating group) is 1. The molecule has 2 aromatic rings. The lowest BCUT2D eigenvalue weighted by Gasteiger charge is -2.30. The number of carbonyl (C=O) groups is 1. The second-order valence-corrected chi connectivity index (χ2v) is 7.48. The molecule has 3 rings (SSSR count). The van der Waals surface area contributed by atoms with Crippen molar-refractivity contribution in [1.29, 1.82) is 0 Å². The number of hydrogen-bond acceptors (Lipinski definition) is 3. The van der Waals surface area contributed by atoms with Crippen molar-refractivity contribution in [2.45, 2.75) is 19.4 Å². The molecular weight excluding hydrogens is 374 g/mol. The molecule has 0 saturated carbocycles. The summed E-state index contributed by atoms with van der Waals surface area (Å²) in [6.07, 6.45) is 7.92. The largest absolute Gasteiger partial charge is 0.490 e. The smallest absolute Gasteiger partial charge is 0.322 e. The molecule has 0 saturated heterocycles. The minimum Gasteiger partial charge on any atom is -0.490 e. The fraction of sp³-hybridized carbons (Fsp3) is 0.320. The average Bonchev–Trinajstić information content (AvgIpc) is 2.77. The zero-order chi connectivity index (χ0) is 21.2. The van der Waals surface area contributed by atoms with E-state index in [4.69, 9.17) is 4.74 Å². The van der Waals surface area contributed by atoms with Gasteiger partial charge in [-0.25, -0.2) is 4.79 Å². The molecular formula is C25H31N3O2. The van der Waals surface area contributed by atoms with Crippen molar-refractivity contribution >= 4 is 11.7 Å². The summed E-state index contributed by atoms with van der Waals surface area (Å²) in [6, 6.07) is 15.9. The van der Waals surface area contributed by atoms with Gasteiger partial charge in [-0.3, -0.25) is 9.80 Å². The molecule has 0 spiro atoms. The van der Waals surface area contributed by atoms with Crippen molar-refractivity contribution in [2.75, 3.05) is 38.2 Å². The van der Waals surface area contributed by atoms with Crippen molar-refractivity contribution in [1.82, 2.24) is 10.2 Å². The molecule has 1 N–H and O–H groups in total. The number of rotatable bonds is 9. The van der Waals surface area contributed by atoms with Crippen LogP contribution in [0.3, 0.4) is 0 Å². The Bertz CT molecular complexity index is 864. The molecule has 1 heterocycles. The van der Waals surface area contributed by atoms with Crippen LogP contribution in [0.25, 0.3) is 0 Å². The van der Waals surface area contributed by atoms with Crippen LogP contribution in [-0.4, -0.2) is 44.2 Å². The Balaban J connectivity index is 1.54. The van der Waals surface area contributed by atoms with Gasteiger partial charge in [0, 0.05) is 31.9 Å². The molecule has 0 aliphatic carbocycles. The fourth-order valence-corrected chi connectivity index (χ4v) is 3.50. The van der Waals surface area contributed by atoms with E-state index in [1.165, 1.54) is 0 Å². The molecule has 0 bridgehead atoms. The lowest BCUT2D eigenvalue weighted by molar-refractivity contribution is 0.245. The molecule has 30 heavy (non-hydrogen) atoms. The molecule has 158 valence electrons. The van der Waals surface area contributed by atoms with Gasteiger partial charge in [-0.1, -0.05) is 48.6 Å². The van der Waals surface area contributed by atoms with E-state index in [0.717, 1.165) is 55.0 Å². The zero-order valence-electron chi connectivity index (χ0n) is 17.7. The first-order valence-electron chi connectivity index (χ1n) is 10.5. The third kappa shape index (κ3) is 6.22. The Hall–Kier alpha value is -3.05. The number of aryl methyl sites for hydroxylation is 1. The average molecular weight is 406 g/mol. The molecule has 0 radical (unpaired) electrons. The number of anilines is 1. The number of hydrogen-bond donors (Lipinski definition) is 1. The second-order valence-electron chi connectivity index (χ2n) is 7.48. The standard InChI is InChI=1S/C25H31N3O2/c1-3-15-27(2)16-7-8-18-30-23-13-14-24-22(19-23)12-9-17-28(24)25(29)26-20-21-10-5-4-6-11-21/h3-8,10-11,13-14,19H,1,9,12,15-18,20H2,2H3,(H,26,29). The van der Waals surface area contributed by atoms with Crippen LogP contribution in [0, 0.1) is 0 Å². The van der Waals surface area contributed by atoms with Crippen molar-refractivity contribution in [3.63, 3.8) is 0 Å². The molecule has 5 heteroatoms. The summed E-state index contributed by atoms with van der Waals surface area (Å²) >= 11 is 0. The first kappa shape index (κ1) is 21.7. The Labute approximate surface area is 179 Å². The number of amides is 2. The normalized spacial score (nSPS) is 13.3. The van der Waals surface area contributed by atoms with Crippen LogP contribution in [0.2, 0.25) is 0 Å². The van der Waals surface area contributed by atoms with E-state index >= 15 is 0 Å². The predicted molar refractivity (Wildman–Crippen MR) is 123 cm³/mol. The fourth-order valence-electron chi connectivity index (χ4n) is 3.50. The highest BCUT2D eigenvalue weighted by atomic mass is 16.5. The SMILES string of the molecule is C=CCN(C)CC=CCOc1ccc2c(c1)CCCN2C(=O)NCc1ccccc1. The maximum Gasteiger partial charge on any atom is 0.322 e. The number of urea groups is 1. The number of fused-ring (bicyclic) bond motifs is 1. The summed E-state index contributed by atoms with van der Waals surface area (Å²) in [5.74, 6) is 0.837. The summed E-state index contributed by atoms with van der Waals surface area (Å²) < 4.78 is 5.87. The third-order valence-corrected chi connectivity index (χ3v) is 5.07. The topological polar surface area (TPSA) is 44.8 Å². The van der Waals surface area contributed by atoms with Crippen LogP contribution < -0.4 is 15.0 Å². The van der Waals surface area contributed by atoms with E-state index in [1.54, 1.807) is 0 Å². The van der Waals surface area contributed by atoms with Crippen LogP contribution in [0.15, 0.2) is 73.3 Å². The highest BCUT2D eigenvalue weighted by Gasteiger charge is 2.22. The molecule has 5 nitrogen and oxygen atoms in total. The minimum atomic E-state index is -0.0555. The van der Waals surface area contributed by atoms with E-state index in [2.05, 4.69) is 36.0 Å². The Morgan fingerprint density at radius 1 is 1.20 bits per heavy atom. The Morgan fingerprint density at radius 3 is 2.83 bits per heavy atom. The number of ether oxygens (including phenoxy) is 1.